The van der Waals surface area contributed by atoms with Crippen LogP contribution in [0, 0.1) is 11.7 Å². The molecule has 31 heavy (non-hydrogen) atoms. The van der Waals surface area contributed by atoms with Gasteiger partial charge in [-0.15, -0.1) is 0 Å². The highest BCUT2D eigenvalue weighted by molar-refractivity contribution is 5.95. The summed E-state index contributed by atoms with van der Waals surface area (Å²) in [6.45, 7) is 3.29. The highest BCUT2D eigenvalue weighted by Gasteiger charge is 2.42. The second-order valence-corrected chi connectivity index (χ2v) is 7.66. The highest BCUT2D eigenvalue weighted by atomic mass is 19.1. The number of halogens is 1. The zero-order valence-corrected chi connectivity index (χ0v) is 18.2. The lowest BCUT2D eigenvalue weighted by Gasteiger charge is -2.21. The number of nitrogens with zero attached hydrogens (tertiary/aromatic N) is 1. The van der Waals surface area contributed by atoms with Crippen LogP contribution in [0.4, 0.5) is 4.39 Å². The van der Waals surface area contributed by atoms with E-state index >= 15 is 0 Å². The van der Waals surface area contributed by atoms with Gasteiger partial charge in [0.25, 0.3) is 5.91 Å². The van der Waals surface area contributed by atoms with E-state index in [1.54, 1.807) is 25.2 Å². The quantitative estimate of drug-likeness (QED) is 0.652. The van der Waals surface area contributed by atoms with Gasteiger partial charge in [-0.25, -0.2) is 4.39 Å². The molecule has 0 aromatic heterocycles. The monoisotopic (exact) mass is 428 g/mol. The molecule has 2 aromatic rings. The Kier molecular flexibility index (Phi) is 7.50. The average molecular weight is 429 g/mol. The van der Waals surface area contributed by atoms with Crippen LogP contribution >= 0.6 is 0 Å². The summed E-state index contributed by atoms with van der Waals surface area (Å²) in [5.74, 6) is -0.247. The first kappa shape index (κ1) is 22.6. The highest BCUT2D eigenvalue weighted by Crippen LogP contribution is 2.42. The van der Waals surface area contributed by atoms with Gasteiger partial charge in [-0.1, -0.05) is 25.5 Å². The van der Waals surface area contributed by atoms with E-state index in [-0.39, 0.29) is 24.3 Å². The molecular weight excluding hydrogens is 399 g/mol. The standard InChI is InChI=1S/C24H29FN2O4/c1-4-5-13-26-23(28)20-15-27(24(29)16-9-11-17(25)12-10-16)14-19(20)18-7-6-8-21(30-2)22(18)31-3/h6-12,19-20H,4-5,13-15H2,1-3H3,(H,26,28)/t19-,20+/m0/s1. The molecule has 0 saturated carbocycles. The molecule has 1 heterocycles. The van der Waals surface area contributed by atoms with Gasteiger partial charge in [0.15, 0.2) is 11.5 Å². The molecular formula is C24H29FN2O4. The van der Waals surface area contributed by atoms with E-state index in [9.17, 15) is 14.0 Å². The van der Waals surface area contributed by atoms with Crippen molar-refractivity contribution < 1.29 is 23.5 Å². The van der Waals surface area contributed by atoms with Crippen LogP contribution in [-0.4, -0.2) is 50.6 Å². The van der Waals surface area contributed by atoms with Gasteiger partial charge in [0.2, 0.25) is 5.91 Å². The van der Waals surface area contributed by atoms with Crippen molar-refractivity contribution in [2.24, 2.45) is 5.92 Å². The molecule has 1 saturated heterocycles. The normalized spacial score (nSPS) is 18.0. The van der Waals surface area contributed by atoms with E-state index in [1.807, 2.05) is 12.1 Å². The van der Waals surface area contributed by atoms with Crippen molar-refractivity contribution in [1.82, 2.24) is 10.2 Å². The Labute approximate surface area is 182 Å². The second kappa shape index (κ2) is 10.3. The van der Waals surface area contributed by atoms with E-state index in [2.05, 4.69) is 12.2 Å². The van der Waals surface area contributed by atoms with Crippen LogP contribution in [0.2, 0.25) is 0 Å². The molecule has 2 aromatic carbocycles. The Morgan fingerprint density at radius 1 is 1.10 bits per heavy atom. The lowest BCUT2D eigenvalue weighted by atomic mass is 9.87. The van der Waals surface area contributed by atoms with Gasteiger partial charge in [0.05, 0.1) is 20.1 Å². The summed E-state index contributed by atoms with van der Waals surface area (Å²) in [5, 5.41) is 3.00. The topological polar surface area (TPSA) is 67.9 Å². The summed E-state index contributed by atoms with van der Waals surface area (Å²) in [5.41, 5.74) is 1.22. The first-order chi connectivity index (χ1) is 15.0. The zero-order chi connectivity index (χ0) is 22.4. The smallest absolute Gasteiger partial charge is 0.253 e. The molecule has 2 atom stereocenters. The SMILES string of the molecule is CCCCNC(=O)[C@@H]1CN(C(=O)c2ccc(F)cc2)C[C@H]1c1cccc(OC)c1OC. The Hall–Kier alpha value is -3.09. The summed E-state index contributed by atoms with van der Waals surface area (Å²) in [6.07, 6.45) is 1.87. The minimum Gasteiger partial charge on any atom is -0.493 e. The fourth-order valence-electron chi connectivity index (χ4n) is 4.05. The molecule has 3 rings (SSSR count). The number of rotatable bonds is 8. The van der Waals surface area contributed by atoms with Crippen molar-refractivity contribution in [3.05, 3.63) is 59.4 Å². The van der Waals surface area contributed by atoms with Gasteiger partial charge in [-0.3, -0.25) is 9.59 Å². The fourth-order valence-corrected chi connectivity index (χ4v) is 4.05. The van der Waals surface area contributed by atoms with Crippen molar-refractivity contribution in [2.45, 2.75) is 25.7 Å². The van der Waals surface area contributed by atoms with Crippen LogP contribution in [0.15, 0.2) is 42.5 Å². The number of unbranched alkanes of at least 4 members (excludes halogenated alkanes) is 1. The molecule has 1 N–H and O–H groups in total. The number of ether oxygens (including phenoxy) is 2. The maximum Gasteiger partial charge on any atom is 0.253 e. The number of benzene rings is 2. The fraction of sp³-hybridized carbons (Fsp3) is 0.417. The third-order valence-electron chi connectivity index (χ3n) is 5.70. The predicted molar refractivity (Wildman–Crippen MR) is 116 cm³/mol. The van der Waals surface area contributed by atoms with Gasteiger partial charge in [-0.05, 0) is 36.8 Å². The molecule has 1 aliphatic heterocycles. The number of para-hydroxylation sites is 1. The van der Waals surface area contributed by atoms with Crippen LogP contribution in [-0.2, 0) is 4.79 Å². The molecule has 1 aliphatic rings. The van der Waals surface area contributed by atoms with Crippen LogP contribution < -0.4 is 14.8 Å². The van der Waals surface area contributed by atoms with Crippen molar-refractivity contribution >= 4 is 11.8 Å². The minimum absolute atomic E-state index is 0.0854. The molecule has 0 radical (unpaired) electrons. The van der Waals surface area contributed by atoms with E-state index in [0.717, 1.165) is 18.4 Å². The summed E-state index contributed by atoms with van der Waals surface area (Å²) in [7, 11) is 3.13. The lowest BCUT2D eigenvalue weighted by molar-refractivity contribution is -0.124. The number of hydrogen-bond donors (Lipinski definition) is 1. The molecule has 1 fully saturated rings. The number of nitrogens with one attached hydrogen (secondary N) is 1. The van der Waals surface area contributed by atoms with Gasteiger partial charge >= 0.3 is 0 Å². The molecule has 6 nitrogen and oxygen atoms in total. The number of carbonyl (C=O) groups is 2. The largest absolute Gasteiger partial charge is 0.493 e. The van der Waals surface area contributed by atoms with Crippen LogP contribution in [0.3, 0.4) is 0 Å². The zero-order valence-electron chi connectivity index (χ0n) is 18.2. The maximum atomic E-state index is 13.3. The number of methoxy groups -OCH3 is 2. The number of likely N-dealkylation sites (tertiary alicyclic amines) is 1. The van der Waals surface area contributed by atoms with Crippen LogP contribution in [0.1, 0.15) is 41.6 Å². The van der Waals surface area contributed by atoms with E-state index in [1.165, 1.54) is 24.3 Å². The van der Waals surface area contributed by atoms with Gasteiger partial charge in [-0.2, -0.15) is 0 Å². The number of carbonyl (C=O) groups excluding carboxylic acids is 2. The first-order valence-electron chi connectivity index (χ1n) is 10.5. The van der Waals surface area contributed by atoms with Crippen molar-refractivity contribution in [2.75, 3.05) is 33.9 Å². The molecule has 2 amide bonds. The molecule has 0 aliphatic carbocycles. The Morgan fingerprint density at radius 2 is 1.84 bits per heavy atom. The molecule has 166 valence electrons. The Bertz CT molecular complexity index is 916. The summed E-state index contributed by atoms with van der Waals surface area (Å²) >= 11 is 0. The number of hydrogen-bond acceptors (Lipinski definition) is 4. The van der Waals surface area contributed by atoms with Crippen LogP contribution in [0.25, 0.3) is 0 Å². The molecule has 0 bridgehead atoms. The van der Waals surface area contributed by atoms with E-state index in [0.29, 0.717) is 30.2 Å². The Morgan fingerprint density at radius 3 is 2.48 bits per heavy atom. The third-order valence-corrected chi connectivity index (χ3v) is 5.70. The lowest BCUT2D eigenvalue weighted by Crippen LogP contribution is -2.36. The second-order valence-electron chi connectivity index (χ2n) is 7.66. The van der Waals surface area contributed by atoms with Gasteiger partial charge < -0.3 is 19.7 Å². The Balaban J connectivity index is 1.91. The third kappa shape index (κ3) is 4.98. The first-order valence-corrected chi connectivity index (χ1v) is 10.5. The van der Waals surface area contributed by atoms with E-state index in [4.69, 9.17) is 9.47 Å². The van der Waals surface area contributed by atoms with Gasteiger partial charge in [0, 0.05) is 36.7 Å². The summed E-state index contributed by atoms with van der Waals surface area (Å²) in [4.78, 5) is 27.7. The molecule has 7 heteroatoms. The average Bonchev–Trinajstić information content (AvgIpc) is 3.24. The number of amides is 2. The van der Waals surface area contributed by atoms with Crippen molar-refractivity contribution in [3.8, 4) is 11.5 Å². The van der Waals surface area contributed by atoms with Crippen LogP contribution in [0.5, 0.6) is 11.5 Å². The van der Waals surface area contributed by atoms with Crippen molar-refractivity contribution in [3.63, 3.8) is 0 Å². The van der Waals surface area contributed by atoms with Crippen molar-refractivity contribution in [1.29, 1.82) is 0 Å². The van der Waals surface area contributed by atoms with E-state index < -0.39 is 11.7 Å². The summed E-state index contributed by atoms with van der Waals surface area (Å²) < 4.78 is 24.3. The maximum absolute atomic E-state index is 13.3. The summed E-state index contributed by atoms with van der Waals surface area (Å²) in [6, 6.07) is 11.0. The molecule has 0 unspecified atom stereocenters. The van der Waals surface area contributed by atoms with Gasteiger partial charge in [0.1, 0.15) is 5.82 Å². The minimum atomic E-state index is -0.428. The molecule has 0 spiro atoms. The predicted octanol–water partition coefficient (Wildman–Crippen LogP) is 3.62.